The lowest BCUT2D eigenvalue weighted by molar-refractivity contribution is -0.128. The van der Waals surface area contributed by atoms with Crippen molar-refractivity contribution in [3.63, 3.8) is 0 Å². The van der Waals surface area contributed by atoms with Crippen molar-refractivity contribution >= 4 is 18.5 Å². The Morgan fingerprint density at radius 1 is 1.39 bits per heavy atom. The molecule has 0 aromatic heterocycles. The Morgan fingerprint density at radius 2 is 2.11 bits per heavy atom. The van der Waals surface area contributed by atoms with Gasteiger partial charge in [-0.1, -0.05) is 12.1 Å². The van der Waals surface area contributed by atoms with Crippen molar-refractivity contribution < 1.29 is 14.3 Å². The summed E-state index contributed by atoms with van der Waals surface area (Å²) >= 11 is 4.31. The van der Waals surface area contributed by atoms with Gasteiger partial charge in [0, 0.05) is 18.2 Å². The first-order valence-electron chi connectivity index (χ1n) is 5.92. The fourth-order valence-electron chi connectivity index (χ4n) is 1.97. The van der Waals surface area contributed by atoms with Crippen LogP contribution in [-0.4, -0.2) is 42.9 Å². The molecule has 1 fully saturated rings. The number of hydrogen-bond donors (Lipinski definition) is 1. The number of thiol groups is 1. The van der Waals surface area contributed by atoms with Crippen LogP contribution in [0.15, 0.2) is 24.3 Å². The second-order valence-electron chi connectivity index (χ2n) is 4.20. The minimum absolute atomic E-state index is 0.152. The second-order valence-corrected chi connectivity index (χ2v) is 4.93. The van der Waals surface area contributed by atoms with E-state index >= 15 is 0 Å². The van der Waals surface area contributed by atoms with Crippen LogP contribution in [0, 0.1) is 0 Å². The Bertz CT molecular complexity index is 424. The minimum atomic E-state index is 0.152. The van der Waals surface area contributed by atoms with Gasteiger partial charge in [0.25, 0.3) is 0 Å². The van der Waals surface area contributed by atoms with Gasteiger partial charge in [-0.15, -0.1) is 0 Å². The molecule has 98 valence electrons. The van der Waals surface area contributed by atoms with Crippen LogP contribution in [0.5, 0.6) is 11.5 Å². The highest BCUT2D eigenvalue weighted by molar-refractivity contribution is 7.81. The van der Waals surface area contributed by atoms with Crippen molar-refractivity contribution in [1.29, 1.82) is 0 Å². The number of carbonyl (C=O) groups is 1. The molecule has 4 nitrogen and oxygen atoms in total. The molecule has 1 saturated heterocycles. The maximum atomic E-state index is 11.5. The van der Waals surface area contributed by atoms with Crippen LogP contribution < -0.4 is 9.47 Å². The molecule has 0 spiro atoms. The van der Waals surface area contributed by atoms with Gasteiger partial charge in [-0.05, 0) is 12.1 Å². The number of rotatable bonds is 5. The fraction of sp³-hybridized carbons (Fsp3) is 0.462. The Hall–Kier alpha value is -1.36. The maximum Gasteiger partial charge on any atom is 0.223 e. The molecule has 5 heteroatoms. The van der Waals surface area contributed by atoms with Gasteiger partial charge in [-0.2, -0.15) is 12.6 Å². The normalized spacial score (nSPS) is 19.1. The smallest absolute Gasteiger partial charge is 0.223 e. The largest absolute Gasteiger partial charge is 0.493 e. The zero-order chi connectivity index (χ0) is 13.0. The van der Waals surface area contributed by atoms with Gasteiger partial charge in [-0.25, -0.2) is 0 Å². The average molecular weight is 267 g/mol. The fourth-order valence-corrected chi connectivity index (χ4v) is 2.32. The van der Waals surface area contributed by atoms with Crippen LogP contribution in [0.4, 0.5) is 0 Å². The van der Waals surface area contributed by atoms with Crippen molar-refractivity contribution in [1.82, 2.24) is 4.90 Å². The number of hydrogen-bond acceptors (Lipinski definition) is 4. The molecular formula is C13H17NO3S. The molecule has 0 bridgehead atoms. The summed E-state index contributed by atoms with van der Waals surface area (Å²) in [6.45, 7) is 1.76. The van der Waals surface area contributed by atoms with E-state index in [1.807, 2.05) is 24.3 Å². The van der Waals surface area contributed by atoms with Gasteiger partial charge in [0.05, 0.1) is 13.7 Å². The number of methoxy groups -OCH3 is 1. The lowest BCUT2D eigenvalue weighted by Crippen LogP contribution is -2.30. The summed E-state index contributed by atoms with van der Waals surface area (Å²) in [5, 5.41) is 0.156. The van der Waals surface area contributed by atoms with Crippen molar-refractivity contribution in [3.8, 4) is 11.5 Å². The molecule has 1 heterocycles. The number of benzene rings is 1. The Balaban J connectivity index is 1.83. The highest BCUT2D eigenvalue weighted by atomic mass is 32.1. The van der Waals surface area contributed by atoms with Crippen molar-refractivity contribution in [2.24, 2.45) is 0 Å². The molecular weight excluding hydrogens is 250 g/mol. The predicted molar refractivity (Wildman–Crippen MR) is 72.5 cm³/mol. The summed E-state index contributed by atoms with van der Waals surface area (Å²) in [6, 6.07) is 7.48. The molecule has 1 atom stereocenters. The third-order valence-electron chi connectivity index (χ3n) is 2.88. The van der Waals surface area contributed by atoms with Gasteiger partial charge in [-0.3, -0.25) is 4.79 Å². The van der Waals surface area contributed by atoms with Crippen LogP contribution in [-0.2, 0) is 4.79 Å². The number of amides is 1. The third kappa shape index (κ3) is 3.10. The van der Waals surface area contributed by atoms with Crippen LogP contribution >= 0.6 is 12.6 Å². The van der Waals surface area contributed by atoms with E-state index in [-0.39, 0.29) is 11.2 Å². The zero-order valence-corrected chi connectivity index (χ0v) is 11.2. The van der Waals surface area contributed by atoms with E-state index in [9.17, 15) is 4.79 Å². The molecule has 1 aliphatic rings. The van der Waals surface area contributed by atoms with Gasteiger partial charge < -0.3 is 14.4 Å². The first kappa shape index (κ1) is 13.1. The summed E-state index contributed by atoms with van der Waals surface area (Å²) in [7, 11) is 1.61. The Kier molecular flexibility index (Phi) is 4.36. The SMILES string of the molecule is COc1ccccc1OCCN1CC(S)CC1=O. The monoisotopic (exact) mass is 267 g/mol. The van der Waals surface area contributed by atoms with Gasteiger partial charge >= 0.3 is 0 Å². The molecule has 2 rings (SSSR count). The topological polar surface area (TPSA) is 38.8 Å². The van der Waals surface area contributed by atoms with Gasteiger partial charge in [0.2, 0.25) is 5.91 Å². The number of carbonyl (C=O) groups excluding carboxylic acids is 1. The first-order valence-corrected chi connectivity index (χ1v) is 6.44. The van der Waals surface area contributed by atoms with E-state index in [0.29, 0.717) is 37.6 Å². The highest BCUT2D eigenvalue weighted by Crippen LogP contribution is 2.25. The predicted octanol–water partition coefficient (Wildman–Crippen LogP) is 1.60. The number of para-hydroxylation sites is 2. The number of likely N-dealkylation sites (tertiary alicyclic amines) is 1. The number of nitrogens with zero attached hydrogens (tertiary/aromatic N) is 1. The Labute approximate surface area is 112 Å². The molecule has 0 aliphatic carbocycles. The summed E-state index contributed by atoms with van der Waals surface area (Å²) in [5.41, 5.74) is 0. The molecule has 0 saturated carbocycles. The van der Waals surface area contributed by atoms with Crippen LogP contribution in [0.2, 0.25) is 0 Å². The molecule has 0 N–H and O–H groups in total. The second kappa shape index (κ2) is 6.00. The first-order chi connectivity index (χ1) is 8.70. The molecule has 1 aromatic carbocycles. The summed E-state index contributed by atoms with van der Waals surface area (Å²) in [4.78, 5) is 13.3. The van der Waals surface area contributed by atoms with E-state index in [2.05, 4.69) is 12.6 Å². The summed E-state index contributed by atoms with van der Waals surface area (Å²) in [5.74, 6) is 1.56. The van der Waals surface area contributed by atoms with Crippen LogP contribution in [0.25, 0.3) is 0 Å². The van der Waals surface area contributed by atoms with Gasteiger partial charge in [0.1, 0.15) is 6.61 Å². The lowest BCUT2D eigenvalue weighted by Gasteiger charge is -2.17. The molecule has 1 aliphatic heterocycles. The standard InChI is InChI=1S/C13H17NO3S/c1-16-11-4-2-3-5-12(11)17-7-6-14-9-10(18)8-13(14)15/h2-5,10,18H,6-9H2,1H3. The van der Waals surface area contributed by atoms with Crippen LogP contribution in [0.3, 0.4) is 0 Å². The summed E-state index contributed by atoms with van der Waals surface area (Å²) in [6.07, 6.45) is 0.526. The van der Waals surface area contributed by atoms with Crippen molar-refractivity contribution in [3.05, 3.63) is 24.3 Å². The third-order valence-corrected chi connectivity index (χ3v) is 3.23. The molecule has 1 amide bonds. The highest BCUT2D eigenvalue weighted by Gasteiger charge is 2.26. The number of ether oxygens (including phenoxy) is 2. The quantitative estimate of drug-likeness (QED) is 0.824. The lowest BCUT2D eigenvalue weighted by atomic mass is 10.3. The maximum absolute atomic E-state index is 11.5. The van der Waals surface area contributed by atoms with Gasteiger partial charge in [0.15, 0.2) is 11.5 Å². The molecule has 1 aromatic rings. The van der Waals surface area contributed by atoms with Crippen molar-refractivity contribution in [2.75, 3.05) is 26.8 Å². The molecule has 0 radical (unpaired) electrons. The van der Waals surface area contributed by atoms with Crippen molar-refractivity contribution in [2.45, 2.75) is 11.7 Å². The van der Waals surface area contributed by atoms with E-state index in [1.165, 1.54) is 0 Å². The molecule has 1 unspecified atom stereocenters. The average Bonchev–Trinajstić information content (AvgIpc) is 2.68. The zero-order valence-electron chi connectivity index (χ0n) is 10.3. The van der Waals surface area contributed by atoms with E-state index in [1.54, 1.807) is 12.0 Å². The minimum Gasteiger partial charge on any atom is -0.493 e. The van der Waals surface area contributed by atoms with E-state index in [4.69, 9.17) is 9.47 Å². The molecule has 18 heavy (non-hydrogen) atoms. The van der Waals surface area contributed by atoms with E-state index in [0.717, 1.165) is 0 Å². The van der Waals surface area contributed by atoms with E-state index < -0.39 is 0 Å². The summed E-state index contributed by atoms with van der Waals surface area (Å²) < 4.78 is 10.8. The Morgan fingerprint density at radius 3 is 2.72 bits per heavy atom. The van der Waals surface area contributed by atoms with Crippen LogP contribution in [0.1, 0.15) is 6.42 Å².